The number of nitrogens with zero attached hydrogens (tertiary/aromatic N) is 2. The van der Waals surface area contributed by atoms with E-state index in [9.17, 15) is 8.42 Å². The van der Waals surface area contributed by atoms with Crippen LogP contribution in [0.15, 0.2) is 88.4 Å². The van der Waals surface area contributed by atoms with E-state index in [1.165, 1.54) is 12.3 Å². The average molecular weight is 531 g/mol. The Labute approximate surface area is 210 Å². The molecule has 0 aliphatic heterocycles. The molecule has 0 aliphatic carbocycles. The van der Waals surface area contributed by atoms with E-state index in [0.717, 1.165) is 5.56 Å². The number of rotatable bonds is 5. The van der Waals surface area contributed by atoms with Gasteiger partial charge in [0.1, 0.15) is 10.6 Å². The summed E-state index contributed by atoms with van der Waals surface area (Å²) in [6, 6.07) is 20.6. The first-order valence-corrected chi connectivity index (χ1v) is 12.5. The van der Waals surface area contributed by atoms with Crippen LogP contribution in [0.2, 0.25) is 15.1 Å². The van der Waals surface area contributed by atoms with Crippen LogP contribution < -0.4 is 4.72 Å². The van der Waals surface area contributed by atoms with Crippen molar-refractivity contribution >= 4 is 61.6 Å². The number of nitrogens with one attached hydrogen (secondary N) is 1. The molecule has 0 radical (unpaired) electrons. The molecule has 1 N–H and O–H groups in total. The summed E-state index contributed by atoms with van der Waals surface area (Å²) in [6.07, 6.45) is 1.21. The molecule has 0 fully saturated rings. The first kappa shape index (κ1) is 22.7. The van der Waals surface area contributed by atoms with E-state index in [0.29, 0.717) is 32.3 Å². The fourth-order valence-corrected chi connectivity index (χ4v) is 5.13. The average Bonchev–Trinajstić information content (AvgIpc) is 3.26. The highest BCUT2D eigenvalue weighted by molar-refractivity contribution is 7.92. The number of fused-ring (bicyclic) bond motifs is 1. The highest BCUT2D eigenvalue weighted by Crippen LogP contribution is 2.39. The van der Waals surface area contributed by atoms with Gasteiger partial charge in [0, 0.05) is 21.7 Å². The van der Waals surface area contributed by atoms with Crippen LogP contribution in [0.1, 0.15) is 0 Å². The van der Waals surface area contributed by atoms with Crippen molar-refractivity contribution in [3.8, 4) is 22.4 Å². The molecule has 0 aliphatic rings. The maximum Gasteiger partial charge on any atom is 0.263 e. The zero-order valence-electron chi connectivity index (χ0n) is 17.2. The lowest BCUT2D eigenvalue weighted by molar-refractivity contribution is 0.451. The van der Waals surface area contributed by atoms with Gasteiger partial charge in [-0.1, -0.05) is 82.4 Å². The van der Waals surface area contributed by atoms with Crippen molar-refractivity contribution in [3.05, 3.63) is 94.1 Å². The van der Waals surface area contributed by atoms with Crippen molar-refractivity contribution in [2.75, 3.05) is 4.72 Å². The Morgan fingerprint density at radius 2 is 1.65 bits per heavy atom. The molecule has 34 heavy (non-hydrogen) atoms. The lowest BCUT2D eigenvalue weighted by atomic mass is 10.0. The normalized spacial score (nSPS) is 11.6. The van der Waals surface area contributed by atoms with Gasteiger partial charge in [-0.2, -0.15) is 0 Å². The predicted molar refractivity (Wildman–Crippen MR) is 135 cm³/mol. The summed E-state index contributed by atoms with van der Waals surface area (Å²) in [5.41, 5.74) is 2.80. The minimum atomic E-state index is -4.05. The SMILES string of the molecule is O=S(=O)(Nc1ccc(Cl)cc1-c1cccc(Cl)c1Cl)c1cnc2onc(-c3ccccc3)c2c1. The molecular formula is C24H14Cl3N3O3S. The van der Waals surface area contributed by atoms with Crippen LogP contribution in [0.3, 0.4) is 0 Å². The number of hydrogen-bond donors (Lipinski definition) is 1. The summed E-state index contributed by atoms with van der Waals surface area (Å²) in [5, 5.41) is 5.57. The monoisotopic (exact) mass is 529 g/mol. The van der Waals surface area contributed by atoms with Crippen LogP contribution >= 0.6 is 34.8 Å². The summed E-state index contributed by atoms with van der Waals surface area (Å²) in [5.74, 6) is 0. The molecule has 5 rings (SSSR count). The molecular weight excluding hydrogens is 517 g/mol. The Hall–Kier alpha value is -3.10. The Morgan fingerprint density at radius 3 is 2.44 bits per heavy atom. The number of aromatic nitrogens is 2. The Balaban J connectivity index is 1.58. The van der Waals surface area contributed by atoms with E-state index < -0.39 is 10.0 Å². The molecule has 0 bridgehead atoms. The summed E-state index contributed by atoms with van der Waals surface area (Å²) in [7, 11) is -4.05. The number of sulfonamides is 1. The molecule has 6 nitrogen and oxygen atoms in total. The van der Waals surface area contributed by atoms with Crippen molar-refractivity contribution in [3.63, 3.8) is 0 Å². The Bertz CT molecular complexity index is 1640. The van der Waals surface area contributed by atoms with E-state index in [-0.39, 0.29) is 21.3 Å². The largest absolute Gasteiger partial charge is 0.335 e. The minimum Gasteiger partial charge on any atom is -0.335 e. The van der Waals surface area contributed by atoms with Crippen LogP contribution in [0.5, 0.6) is 0 Å². The molecule has 0 amide bonds. The van der Waals surface area contributed by atoms with Crippen LogP contribution in [0.25, 0.3) is 33.5 Å². The quantitative estimate of drug-likeness (QED) is 0.257. The van der Waals surface area contributed by atoms with Crippen molar-refractivity contribution < 1.29 is 12.9 Å². The van der Waals surface area contributed by atoms with Crippen LogP contribution in [-0.4, -0.2) is 18.6 Å². The fourth-order valence-electron chi connectivity index (χ4n) is 3.51. The second-order valence-corrected chi connectivity index (χ2v) is 10.2. The van der Waals surface area contributed by atoms with E-state index in [1.54, 1.807) is 36.4 Å². The lowest BCUT2D eigenvalue weighted by Crippen LogP contribution is -2.14. The second kappa shape index (κ2) is 8.92. The number of benzene rings is 3. The molecule has 3 aromatic carbocycles. The van der Waals surface area contributed by atoms with Gasteiger partial charge in [-0.05, 0) is 30.3 Å². The minimum absolute atomic E-state index is 0.0570. The number of anilines is 1. The van der Waals surface area contributed by atoms with Crippen LogP contribution in [0.4, 0.5) is 5.69 Å². The van der Waals surface area contributed by atoms with Crippen LogP contribution in [-0.2, 0) is 10.0 Å². The van der Waals surface area contributed by atoms with Gasteiger partial charge in [-0.3, -0.25) is 4.72 Å². The number of pyridine rings is 1. The first-order chi connectivity index (χ1) is 16.3. The van der Waals surface area contributed by atoms with E-state index in [2.05, 4.69) is 14.9 Å². The van der Waals surface area contributed by atoms with Gasteiger partial charge in [-0.15, -0.1) is 0 Å². The van der Waals surface area contributed by atoms with Gasteiger partial charge in [0.25, 0.3) is 15.7 Å². The van der Waals surface area contributed by atoms with Gasteiger partial charge >= 0.3 is 0 Å². The molecule has 5 aromatic rings. The molecule has 2 heterocycles. The molecule has 0 spiro atoms. The third kappa shape index (κ3) is 4.23. The molecule has 0 unspecified atom stereocenters. The van der Waals surface area contributed by atoms with Crippen molar-refractivity contribution in [1.82, 2.24) is 10.1 Å². The third-order valence-corrected chi connectivity index (χ3v) is 7.52. The van der Waals surface area contributed by atoms with Gasteiger partial charge < -0.3 is 4.52 Å². The molecule has 2 aromatic heterocycles. The van der Waals surface area contributed by atoms with Crippen molar-refractivity contribution in [1.29, 1.82) is 0 Å². The summed E-state index contributed by atoms with van der Waals surface area (Å²) in [6.45, 7) is 0. The second-order valence-electron chi connectivity index (χ2n) is 7.32. The smallest absolute Gasteiger partial charge is 0.263 e. The fraction of sp³-hybridized carbons (Fsp3) is 0. The van der Waals surface area contributed by atoms with E-state index in [4.69, 9.17) is 39.3 Å². The molecule has 0 saturated carbocycles. The van der Waals surface area contributed by atoms with Gasteiger partial charge in [0.15, 0.2) is 0 Å². The number of halogens is 3. The predicted octanol–water partition coefficient (Wildman–Crippen LogP) is 7.32. The number of hydrogen-bond acceptors (Lipinski definition) is 5. The first-order valence-electron chi connectivity index (χ1n) is 9.91. The van der Waals surface area contributed by atoms with E-state index in [1.807, 2.05) is 30.3 Å². The van der Waals surface area contributed by atoms with Crippen LogP contribution in [0, 0.1) is 0 Å². The summed E-state index contributed by atoms with van der Waals surface area (Å²) < 4.78 is 34.6. The Kier molecular flexibility index (Phi) is 5.95. The highest BCUT2D eigenvalue weighted by atomic mass is 35.5. The molecule has 10 heteroatoms. The molecule has 0 atom stereocenters. The van der Waals surface area contributed by atoms with E-state index >= 15 is 0 Å². The summed E-state index contributed by atoms with van der Waals surface area (Å²) >= 11 is 18.8. The molecule has 170 valence electrons. The zero-order valence-corrected chi connectivity index (χ0v) is 20.3. The third-order valence-electron chi connectivity index (χ3n) is 5.13. The standard InChI is InChI=1S/C24H14Cl3N3O3S/c25-15-9-10-21(18(11-15)17-7-4-8-20(26)22(17)27)30-34(31,32)16-12-19-23(14-5-2-1-3-6-14)29-33-24(19)28-13-16/h1-13,30H. The maximum atomic E-state index is 13.3. The maximum absolute atomic E-state index is 13.3. The van der Waals surface area contributed by atoms with Crippen molar-refractivity contribution in [2.45, 2.75) is 4.90 Å². The zero-order chi connectivity index (χ0) is 23.9. The summed E-state index contributed by atoms with van der Waals surface area (Å²) in [4.78, 5) is 4.09. The lowest BCUT2D eigenvalue weighted by Gasteiger charge is -2.15. The van der Waals surface area contributed by atoms with Gasteiger partial charge in [0.05, 0.1) is 27.3 Å². The molecule has 0 saturated heterocycles. The Morgan fingerprint density at radius 1 is 0.853 bits per heavy atom. The van der Waals surface area contributed by atoms with Gasteiger partial charge in [-0.25, -0.2) is 13.4 Å². The van der Waals surface area contributed by atoms with Gasteiger partial charge in [0.2, 0.25) is 0 Å². The van der Waals surface area contributed by atoms with Crippen molar-refractivity contribution in [2.24, 2.45) is 0 Å². The topological polar surface area (TPSA) is 85.1 Å². The highest BCUT2D eigenvalue weighted by Gasteiger charge is 2.22.